The van der Waals surface area contributed by atoms with Gasteiger partial charge in [-0.2, -0.15) is 0 Å². The second kappa shape index (κ2) is 5.60. The molecule has 0 atom stereocenters. The zero-order chi connectivity index (χ0) is 15.7. The molecule has 22 heavy (non-hydrogen) atoms. The summed E-state index contributed by atoms with van der Waals surface area (Å²) in [6, 6.07) is 16.5. The third-order valence-corrected chi connectivity index (χ3v) is 4.62. The van der Waals surface area contributed by atoms with E-state index in [0.29, 0.717) is 5.92 Å². The third-order valence-electron chi connectivity index (χ3n) is 4.62. The van der Waals surface area contributed by atoms with Crippen LogP contribution in [0.3, 0.4) is 0 Å². The van der Waals surface area contributed by atoms with Crippen molar-refractivity contribution in [2.75, 3.05) is 5.32 Å². The van der Waals surface area contributed by atoms with Crippen molar-refractivity contribution in [1.82, 2.24) is 0 Å². The van der Waals surface area contributed by atoms with E-state index in [4.69, 9.17) is 0 Å². The highest BCUT2D eigenvalue weighted by atomic mass is 16.2. The molecule has 114 valence electrons. The van der Waals surface area contributed by atoms with Crippen LogP contribution in [0.4, 0.5) is 5.69 Å². The normalized spacial score (nSPS) is 15.6. The Morgan fingerprint density at radius 3 is 2.09 bits per heavy atom. The van der Waals surface area contributed by atoms with Gasteiger partial charge in [0.15, 0.2) is 0 Å². The molecule has 2 nitrogen and oxygen atoms in total. The van der Waals surface area contributed by atoms with Gasteiger partial charge in [-0.3, -0.25) is 4.79 Å². The second-order valence-corrected chi connectivity index (χ2v) is 6.68. The van der Waals surface area contributed by atoms with Gasteiger partial charge in [0.05, 0.1) is 5.41 Å². The molecule has 1 fully saturated rings. The predicted octanol–water partition coefficient (Wildman–Crippen LogP) is 4.79. The van der Waals surface area contributed by atoms with Gasteiger partial charge in [-0.25, -0.2) is 0 Å². The average molecular weight is 293 g/mol. The molecule has 1 saturated carbocycles. The second-order valence-electron chi connectivity index (χ2n) is 6.68. The van der Waals surface area contributed by atoms with Crippen LogP contribution >= 0.6 is 0 Å². The van der Waals surface area contributed by atoms with Crippen molar-refractivity contribution >= 4 is 11.6 Å². The summed E-state index contributed by atoms with van der Waals surface area (Å²) >= 11 is 0. The van der Waals surface area contributed by atoms with Crippen LogP contribution in [0.2, 0.25) is 0 Å². The third kappa shape index (κ3) is 2.78. The van der Waals surface area contributed by atoms with E-state index in [1.54, 1.807) is 0 Å². The molecule has 0 heterocycles. The van der Waals surface area contributed by atoms with E-state index in [1.807, 2.05) is 12.1 Å². The minimum Gasteiger partial charge on any atom is -0.325 e. The molecule has 0 aromatic heterocycles. The molecule has 3 rings (SSSR count). The Hall–Kier alpha value is -2.09. The number of amides is 1. The van der Waals surface area contributed by atoms with E-state index in [9.17, 15) is 4.79 Å². The number of hydrogen-bond donors (Lipinski definition) is 1. The van der Waals surface area contributed by atoms with Gasteiger partial charge in [-0.05, 0) is 48.9 Å². The van der Waals surface area contributed by atoms with Crippen molar-refractivity contribution in [3.63, 3.8) is 0 Å². The fraction of sp³-hybridized carbons (Fsp3) is 0.350. The van der Waals surface area contributed by atoms with Gasteiger partial charge in [0, 0.05) is 5.69 Å². The predicted molar refractivity (Wildman–Crippen MR) is 91.3 cm³/mol. The first kappa shape index (κ1) is 14.8. The molecule has 1 aliphatic carbocycles. The summed E-state index contributed by atoms with van der Waals surface area (Å²) in [5.74, 6) is 0.626. The van der Waals surface area contributed by atoms with E-state index < -0.39 is 0 Å². The highest BCUT2D eigenvalue weighted by molar-refractivity contribution is 6.01. The maximum atomic E-state index is 12.7. The van der Waals surface area contributed by atoms with E-state index in [2.05, 4.69) is 62.5 Å². The minimum absolute atomic E-state index is 0.119. The maximum absolute atomic E-state index is 12.7. The van der Waals surface area contributed by atoms with Crippen molar-refractivity contribution in [2.24, 2.45) is 0 Å². The van der Waals surface area contributed by atoms with Crippen LogP contribution in [0.25, 0.3) is 0 Å². The molecule has 2 heteroatoms. The number of carbonyl (C=O) groups excluding carboxylic acids is 1. The van der Waals surface area contributed by atoms with Gasteiger partial charge in [-0.1, -0.05) is 55.8 Å². The molecule has 1 amide bonds. The summed E-state index contributed by atoms with van der Waals surface area (Å²) < 4.78 is 0. The van der Waals surface area contributed by atoms with Gasteiger partial charge in [0.25, 0.3) is 0 Å². The van der Waals surface area contributed by atoms with Crippen LogP contribution in [0, 0.1) is 6.92 Å². The van der Waals surface area contributed by atoms with Crippen molar-refractivity contribution in [3.05, 3.63) is 65.2 Å². The molecule has 2 aromatic carbocycles. The van der Waals surface area contributed by atoms with Crippen LogP contribution in [0.15, 0.2) is 48.5 Å². The Balaban J connectivity index is 1.75. The molecule has 2 aromatic rings. The number of benzene rings is 2. The lowest BCUT2D eigenvalue weighted by Crippen LogP contribution is -2.27. The number of aryl methyl sites for hydroxylation is 1. The molecule has 0 radical (unpaired) electrons. The Bertz CT molecular complexity index is 664. The molecule has 0 aliphatic heterocycles. The standard InChI is InChI=1S/C20H23NO/c1-14(2)16-6-10-18(11-7-16)21-19(22)20(12-13-20)17-8-4-15(3)5-9-17/h4-11,14H,12-13H2,1-3H3,(H,21,22). The van der Waals surface area contributed by atoms with Crippen molar-refractivity contribution < 1.29 is 4.79 Å². The Morgan fingerprint density at radius 1 is 1.00 bits per heavy atom. The highest BCUT2D eigenvalue weighted by Gasteiger charge is 2.51. The topological polar surface area (TPSA) is 29.1 Å². The molecule has 0 unspecified atom stereocenters. The number of hydrogen-bond acceptors (Lipinski definition) is 1. The number of anilines is 1. The Kier molecular flexibility index (Phi) is 3.78. The largest absolute Gasteiger partial charge is 0.325 e. The van der Waals surface area contributed by atoms with Gasteiger partial charge in [-0.15, -0.1) is 0 Å². The van der Waals surface area contributed by atoms with E-state index in [-0.39, 0.29) is 11.3 Å². The molecule has 0 spiro atoms. The van der Waals surface area contributed by atoms with Crippen LogP contribution < -0.4 is 5.32 Å². The molecule has 1 aliphatic rings. The summed E-state index contributed by atoms with van der Waals surface area (Å²) in [7, 11) is 0. The van der Waals surface area contributed by atoms with Crippen molar-refractivity contribution in [3.8, 4) is 0 Å². The number of carbonyl (C=O) groups is 1. The zero-order valence-corrected chi connectivity index (χ0v) is 13.5. The van der Waals surface area contributed by atoms with Crippen LogP contribution in [0.1, 0.15) is 49.3 Å². The summed E-state index contributed by atoms with van der Waals surface area (Å²) in [6.07, 6.45) is 1.87. The lowest BCUT2D eigenvalue weighted by molar-refractivity contribution is -0.118. The Labute approximate surface area is 132 Å². The van der Waals surface area contributed by atoms with E-state index >= 15 is 0 Å². The summed E-state index contributed by atoms with van der Waals surface area (Å²) in [5.41, 5.74) is 4.22. The molecule has 1 N–H and O–H groups in total. The highest BCUT2D eigenvalue weighted by Crippen LogP contribution is 2.49. The lowest BCUT2D eigenvalue weighted by atomic mass is 9.94. The van der Waals surface area contributed by atoms with Gasteiger partial charge in [0.2, 0.25) is 5.91 Å². The first-order valence-corrected chi connectivity index (χ1v) is 8.00. The minimum atomic E-state index is -0.315. The summed E-state index contributed by atoms with van der Waals surface area (Å²) in [4.78, 5) is 12.7. The SMILES string of the molecule is Cc1ccc(C2(C(=O)Nc3ccc(C(C)C)cc3)CC2)cc1. The molecule has 0 bridgehead atoms. The van der Waals surface area contributed by atoms with E-state index in [1.165, 1.54) is 11.1 Å². The maximum Gasteiger partial charge on any atom is 0.235 e. The van der Waals surface area contributed by atoms with Gasteiger partial charge >= 0.3 is 0 Å². The first-order valence-electron chi connectivity index (χ1n) is 8.00. The van der Waals surface area contributed by atoms with Crippen LogP contribution in [0.5, 0.6) is 0 Å². The van der Waals surface area contributed by atoms with Crippen molar-refractivity contribution in [2.45, 2.75) is 44.9 Å². The molecular formula is C20H23NO. The van der Waals surface area contributed by atoms with Crippen molar-refractivity contribution in [1.29, 1.82) is 0 Å². The quantitative estimate of drug-likeness (QED) is 0.863. The zero-order valence-electron chi connectivity index (χ0n) is 13.5. The Morgan fingerprint density at radius 2 is 1.59 bits per heavy atom. The summed E-state index contributed by atoms with van der Waals surface area (Å²) in [6.45, 7) is 6.41. The fourth-order valence-electron chi connectivity index (χ4n) is 2.85. The van der Waals surface area contributed by atoms with Crippen LogP contribution in [-0.4, -0.2) is 5.91 Å². The smallest absolute Gasteiger partial charge is 0.235 e. The lowest BCUT2D eigenvalue weighted by Gasteiger charge is -2.16. The van der Waals surface area contributed by atoms with Gasteiger partial charge < -0.3 is 5.32 Å². The molecular weight excluding hydrogens is 270 g/mol. The van der Waals surface area contributed by atoms with Crippen LogP contribution in [-0.2, 0) is 10.2 Å². The first-order chi connectivity index (χ1) is 10.5. The number of rotatable bonds is 4. The molecule has 0 saturated heterocycles. The van der Waals surface area contributed by atoms with Gasteiger partial charge in [0.1, 0.15) is 0 Å². The monoisotopic (exact) mass is 293 g/mol. The number of nitrogens with one attached hydrogen (secondary N) is 1. The average Bonchev–Trinajstić information content (AvgIpc) is 3.30. The summed E-state index contributed by atoms with van der Waals surface area (Å²) in [5, 5.41) is 3.08. The van der Waals surface area contributed by atoms with E-state index in [0.717, 1.165) is 24.1 Å². The fourth-order valence-corrected chi connectivity index (χ4v) is 2.85.